The Labute approximate surface area is 138 Å². The molecule has 3 aromatic rings. The van der Waals surface area contributed by atoms with Crippen LogP contribution in [0.25, 0.3) is 22.3 Å². The molecule has 0 amide bonds. The lowest BCUT2D eigenvalue weighted by molar-refractivity contribution is 0.0697. The minimum absolute atomic E-state index is 0.237. The molecule has 0 spiro atoms. The van der Waals surface area contributed by atoms with Crippen LogP contribution in [0, 0.1) is 5.82 Å². The predicted molar refractivity (Wildman–Crippen MR) is 88.6 cm³/mol. The van der Waals surface area contributed by atoms with Crippen LogP contribution in [0.4, 0.5) is 4.39 Å². The number of carboxylic acids is 1. The molecule has 1 heterocycles. The number of carbonyl (C=O) groups is 1. The highest BCUT2D eigenvalue weighted by Gasteiger charge is 2.09. The normalized spacial score (nSPS) is 10.4. The number of carboxylic acid groups (broad SMARTS) is 1. The Bertz CT molecular complexity index is 874. The summed E-state index contributed by atoms with van der Waals surface area (Å²) in [5.41, 5.74) is 3.16. The van der Waals surface area contributed by atoms with Gasteiger partial charge in [0, 0.05) is 11.6 Å². The second-order valence-electron chi connectivity index (χ2n) is 5.17. The lowest BCUT2D eigenvalue weighted by atomic mass is 10.00. The van der Waals surface area contributed by atoms with E-state index < -0.39 is 11.8 Å². The van der Waals surface area contributed by atoms with Crippen LogP contribution in [0.5, 0.6) is 5.88 Å². The number of halogens is 1. The fourth-order valence-corrected chi connectivity index (χ4v) is 2.40. The van der Waals surface area contributed by atoms with Crippen molar-refractivity contribution >= 4 is 5.97 Å². The lowest BCUT2D eigenvalue weighted by Gasteiger charge is -2.07. The van der Waals surface area contributed by atoms with Crippen LogP contribution in [0.3, 0.4) is 0 Å². The fraction of sp³-hybridized carbons (Fsp3) is 0.0526. The van der Waals surface area contributed by atoms with Gasteiger partial charge in [0.25, 0.3) is 0 Å². The molecule has 2 aromatic carbocycles. The average Bonchev–Trinajstić information content (AvgIpc) is 2.62. The Hall–Kier alpha value is -3.21. The largest absolute Gasteiger partial charge is 0.481 e. The Morgan fingerprint density at radius 1 is 1.00 bits per heavy atom. The van der Waals surface area contributed by atoms with E-state index in [1.165, 1.54) is 7.11 Å². The first-order valence-corrected chi connectivity index (χ1v) is 7.22. The highest BCUT2D eigenvalue weighted by Crippen LogP contribution is 2.28. The van der Waals surface area contributed by atoms with Crippen molar-refractivity contribution < 1.29 is 19.0 Å². The Morgan fingerprint density at radius 2 is 1.54 bits per heavy atom. The molecule has 1 aromatic heterocycles. The van der Waals surface area contributed by atoms with Gasteiger partial charge in [0.15, 0.2) is 0 Å². The zero-order chi connectivity index (χ0) is 17.1. The number of aromatic carboxylic acids is 1. The van der Waals surface area contributed by atoms with Crippen molar-refractivity contribution in [2.75, 3.05) is 7.11 Å². The van der Waals surface area contributed by atoms with Gasteiger partial charge in [0.2, 0.25) is 5.88 Å². The van der Waals surface area contributed by atoms with E-state index >= 15 is 0 Å². The van der Waals surface area contributed by atoms with Crippen molar-refractivity contribution in [3.63, 3.8) is 0 Å². The number of pyridine rings is 1. The van der Waals surface area contributed by atoms with Crippen LogP contribution >= 0.6 is 0 Å². The molecule has 24 heavy (non-hydrogen) atoms. The van der Waals surface area contributed by atoms with E-state index in [1.807, 2.05) is 12.1 Å². The molecular weight excluding hydrogens is 309 g/mol. The molecule has 1 N–H and O–H groups in total. The van der Waals surface area contributed by atoms with Gasteiger partial charge >= 0.3 is 5.97 Å². The first-order chi connectivity index (χ1) is 11.6. The maximum absolute atomic E-state index is 14.0. The number of methoxy groups -OCH3 is 1. The van der Waals surface area contributed by atoms with Gasteiger partial charge in [-0.05, 0) is 28.8 Å². The first kappa shape index (κ1) is 15.7. The maximum atomic E-state index is 14.0. The first-order valence-electron chi connectivity index (χ1n) is 7.22. The van der Waals surface area contributed by atoms with Gasteiger partial charge < -0.3 is 9.84 Å². The summed E-state index contributed by atoms with van der Waals surface area (Å²) in [6, 6.07) is 15.5. The Balaban J connectivity index is 1.92. The summed E-state index contributed by atoms with van der Waals surface area (Å²) >= 11 is 0. The number of rotatable bonds is 4. The quantitative estimate of drug-likeness (QED) is 0.779. The monoisotopic (exact) mass is 323 g/mol. The zero-order valence-electron chi connectivity index (χ0n) is 12.9. The van der Waals surface area contributed by atoms with Gasteiger partial charge in [-0.3, -0.25) is 0 Å². The topological polar surface area (TPSA) is 59.4 Å². The van der Waals surface area contributed by atoms with Crippen molar-refractivity contribution in [2.24, 2.45) is 0 Å². The van der Waals surface area contributed by atoms with Gasteiger partial charge in [-0.1, -0.05) is 36.4 Å². The van der Waals surface area contributed by atoms with Crippen LogP contribution in [0.2, 0.25) is 0 Å². The lowest BCUT2D eigenvalue weighted by Crippen LogP contribution is -1.95. The van der Waals surface area contributed by atoms with Crippen LogP contribution in [0.1, 0.15) is 10.4 Å². The molecule has 3 rings (SSSR count). The van der Waals surface area contributed by atoms with Gasteiger partial charge in [-0.25, -0.2) is 14.2 Å². The Kier molecular flexibility index (Phi) is 4.24. The molecule has 0 saturated carbocycles. The molecule has 0 atom stereocenters. The van der Waals surface area contributed by atoms with Crippen LogP contribution in [-0.2, 0) is 0 Å². The number of hydrogen-bond donors (Lipinski definition) is 1. The van der Waals surface area contributed by atoms with Crippen molar-refractivity contribution in [3.8, 4) is 28.1 Å². The van der Waals surface area contributed by atoms with E-state index in [0.717, 1.165) is 17.3 Å². The summed E-state index contributed by atoms with van der Waals surface area (Å²) in [5, 5.41) is 8.93. The van der Waals surface area contributed by atoms with Gasteiger partial charge in [-0.2, -0.15) is 0 Å². The van der Waals surface area contributed by atoms with Gasteiger partial charge in [0.1, 0.15) is 5.82 Å². The summed E-state index contributed by atoms with van der Waals surface area (Å²) in [6.07, 6.45) is 1.13. The van der Waals surface area contributed by atoms with E-state index in [1.54, 1.807) is 42.5 Å². The number of nitrogens with zero attached hydrogens (tertiary/aromatic N) is 1. The molecule has 5 heteroatoms. The van der Waals surface area contributed by atoms with Crippen molar-refractivity contribution in [1.29, 1.82) is 0 Å². The van der Waals surface area contributed by atoms with E-state index in [4.69, 9.17) is 9.84 Å². The third-order valence-corrected chi connectivity index (χ3v) is 3.70. The van der Waals surface area contributed by atoms with Crippen LogP contribution in [0.15, 0.2) is 60.8 Å². The third-order valence-electron chi connectivity index (χ3n) is 3.70. The number of aromatic nitrogens is 1. The maximum Gasteiger partial charge on any atom is 0.335 e. The molecule has 0 bridgehead atoms. The molecule has 0 saturated heterocycles. The predicted octanol–water partition coefficient (Wildman–Crippen LogP) is 4.26. The molecule has 4 nitrogen and oxygen atoms in total. The molecule has 0 fully saturated rings. The second kappa shape index (κ2) is 6.50. The molecule has 0 aliphatic rings. The molecule has 0 unspecified atom stereocenters. The zero-order valence-corrected chi connectivity index (χ0v) is 12.9. The minimum Gasteiger partial charge on any atom is -0.481 e. The van der Waals surface area contributed by atoms with Crippen molar-refractivity contribution in [2.45, 2.75) is 0 Å². The molecule has 120 valence electrons. The van der Waals surface area contributed by atoms with Gasteiger partial charge in [-0.15, -0.1) is 0 Å². The third kappa shape index (κ3) is 3.10. The van der Waals surface area contributed by atoms with E-state index in [-0.39, 0.29) is 5.56 Å². The average molecular weight is 323 g/mol. The molecule has 0 aliphatic carbocycles. The smallest absolute Gasteiger partial charge is 0.335 e. The number of benzene rings is 2. The second-order valence-corrected chi connectivity index (χ2v) is 5.17. The highest BCUT2D eigenvalue weighted by atomic mass is 19.1. The van der Waals surface area contributed by atoms with Gasteiger partial charge in [0.05, 0.1) is 18.9 Å². The summed E-state index contributed by atoms with van der Waals surface area (Å²) in [7, 11) is 1.48. The van der Waals surface area contributed by atoms with E-state index in [0.29, 0.717) is 17.0 Å². The Morgan fingerprint density at radius 3 is 2.08 bits per heavy atom. The van der Waals surface area contributed by atoms with Crippen LogP contribution < -0.4 is 4.74 Å². The summed E-state index contributed by atoms with van der Waals surface area (Å²) in [5.74, 6) is -1.03. The summed E-state index contributed by atoms with van der Waals surface area (Å²) in [4.78, 5) is 14.7. The summed E-state index contributed by atoms with van der Waals surface area (Å²) in [6.45, 7) is 0. The fourth-order valence-electron chi connectivity index (χ4n) is 2.40. The standard InChI is InChI=1S/C19H14FNO3/c1-24-18-10-16(17(20)11-21-18)14-6-2-12(3-7-14)13-4-8-15(9-5-13)19(22)23/h2-11H,1H3,(H,22,23). The number of ether oxygens (including phenoxy) is 1. The van der Waals surface area contributed by atoms with Crippen molar-refractivity contribution in [1.82, 2.24) is 4.98 Å². The van der Waals surface area contributed by atoms with Crippen LogP contribution in [-0.4, -0.2) is 23.2 Å². The van der Waals surface area contributed by atoms with E-state index in [2.05, 4.69) is 4.98 Å². The SMILES string of the molecule is COc1cc(-c2ccc(-c3ccc(C(=O)O)cc3)cc2)c(F)cn1. The molecule has 0 radical (unpaired) electrons. The van der Waals surface area contributed by atoms with E-state index in [9.17, 15) is 9.18 Å². The van der Waals surface area contributed by atoms with Crippen molar-refractivity contribution in [3.05, 3.63) is 72.2 Å². The summed E-state index contributed by atoms with van der Waals surface area (Å²) < 4.78 is 19.0. The molecule has 0 aliphatic heterocycles. The minimum atomic E-state index is -0.959. The highest BCUT2D eigenvalue weighted by molar-refractivity contribution is 5.88. The number of hydrogen-bond acceptors (Lipinski definition) is 3. The molecular formula is C19H14FNO3.